The summed E-state index contributed by atoms with van der Waals surface area (Å²) in [6.07, 6.45) is 2.88. The fraction of sp³-hybridized carbons (Fsp3) is 0.174. The van der Waals surface area contributed by atoms with Gasteiger partial charge in [-0.15, -0.1) is 0 Å². The van der Waals surface area contributed by atoms with Crippen molar-refractivity contribution in [2.24, 2.45) is 0 Å². The Morgan fingerprint density at radius 1 is 1.04 bits per heavy atom. The van der Waals surface area contributed by atoms with Crippen LogP contribution >= 0.6 is 11.6 Å². The molecule has 0 spiro atoms. The van der Waals surface area contributed by atoms with Gasteiger partial charge in [-0.1, -0.05) is 48.0 Å². The summed E-state index contributed by atoms with van der Waals surface area (Å²) in [5.74, 6) is 0. The maximum absolute atomic E-state index is 6.27. The van der Waals surface area contributed by atoms with Gasteiger partial charge in [0.25, 0.3) is 0 Å². The zero-order chi connectivity index (χ0) is 18.2. The van der Waals surface area contributed by atoms with E-state index in [1.54, 1.807) is 0 Å². The van der Waals surface area contributed by atoms with Crippen molar-refractivity contribution < 1.29 is 0 Å². The zero-order valence-electron chi connectivity index (χ0n) is 14.9. The molecule has 0 amide bonds. The third kappa shape index (κ3) is 3.03. The molecule has 0 radical (unpaired) electrons. The van der Waals surface area contributed by atoms with E-state index in [0.717, 1.165) is 35.7 Å². The van der Waals surface area contributed by atoms with Gasteiger partial charge >= 0.3 is 0 Å². The van der Waals surface area contributed by atoms with Crippen LogP contribution in [0.25, 0.3) is 10.9 Å². The minimum absolute atomic E-state index is 0.112. The minimum Gasteiger partial charge on any atom is -0.357 e. The van der Waals surface area contributed by atoms with Crippen molar-refractivity contribution in [2.45, 2.75) is 19.0 Å². The number of hydrogen-bond acceptors (Lipinski definition) is 2. The van der Waals surface area contributed by atoms with Gasteiger partial charge < -0.3 is 4.98 Å². The second-order valence-corrected chi connectivity index (χ2v) is 7.51. The number of halogens is 1. The SMILES string of the molecule is Clc1ccc2[nH]c3c(c2c1)CCN(Cc1ccccc1)C3c1ccccn1. The van der Waals surface area contributed by atoms with Crippen molar-refractivity contribution >= 4 is 22.5 Å². The van der Waals surface area contributed by atoms with Gasteiger partial charge in [-0.2, -0.15) is 0 Å². The van der Waals surface area contributed by atoms with Gasteiger partial charge in [-0.05, 0) is 47.9 Å². The maximum atomic E-state index is 6.27. The lowest BCUT2D eigenvalue weighted by Gasteiger charge is -2.35. The van der Waals surface area contributed by atoms with Gasteiger partial charge in [-0.25, -0.2) is 0 Å². The number of benzene rings is 2. The third-order valence-electron chi connectivity index (χ3n) is 5.39. The summed E-state index contributed by atoms with van der Waals surface area (Å²) in [5, 5.41) is 2.02. The molecule has 2 aromatic carbocycles. The lowest BCUT2D eigenvalue weighted by atomic mass is 9.94. The van der Waals surface area contributed by atoms with Crippen molar-refractivity contribution in [3.05, 3.63) is 100 Å². The van der Waals surface area contributed by atoms with Crippen molar-refractivity contribution in [1.82, 2.24) is 14.9 Å². The van der Waals surface area contributed by atoms with Crippen LogP contribution in [-0.2, 0) is 13.0 Å². The number of hydrogen-bond donors (Lipinski definition) is 1. The van der Waals surface area contributed by atoms with Crippen LogP contribution < -0.4 is 0 Å². The average molecular weight is 374 g/mol. The Morgan fingerprint density at radius 2 is 1.89 bits per heavy atom. The van der Waals surface area contributed by atoms with Gasteiger partial charge in [-0.3, -0.25) is 9.88 Å². The van der Waals surface area contributed by atoms with Crippen LogP contribution in [0.15, 0.2) is 72.9 Å². The summed E-state index contributed by atoms with van der Waals surface area (Å²) >= 11 is 6.27. The molecule has 4 aromatic rings. The Kier molecular flexibility index (Phi) is 4.19. The molecule has 1 aliphatic rings. The molecule has 4 heteroatoms. The fourth-order valence-corrected chi connectivity index (χ4v) is 4.34. The number of nitrogens with zero attached hydrogens (tertiary/aromatic N) is 2. The molecule has 1 unspecified atom stereocenters. The summed E-state index contributed by atoms with van der Waals surface area (Å²) < 4.78 is 0. The highest BCUT2D eigenvalue weighted by molar-refractivity contribution is 6.31. The molecule has 3 nitrogen and oxygen atoms in total. The van der Waals surface area contributed by atoms with Crippen LogP contribution in [0.3, 0.4) is 0 Å². The van der Waals surface area contributed by atoms with E-state index in [4.69, 9.17) is 16.6 Å². The predicted octanol–water partition coefficient (Wildman–Crippen LogP) is 5.36. The van der Waals surface area contributed by atoms with Gasteiger partial charge in [0.05, 0.1) is 11.7 Å². The molecular weight excluding hydrogens is 354 g/mol. The van der Waals surface area contributed by atoms with Gasteiger partial charge in [0.15, 0.2) is 0 Å². The highest BCUT2D eigenvalue weighted by Crippen LogP contribution is 2.39. The topological polar surface area (TPSA) is 31.9 Å². The summed E-state index contributed by atoms with van der Waals surface area (Å²) in [6.45, 7) is 1.89. The van der Waals surface area contributed by atoms with E-state index < -0.39 is 0 Å². The van der Waals surface area contributed by atoms with E-state index in [1.807, 2.05) is 18.3 Å². The van der Waals surface area contributed by atoms with E-state index in [9.17, 15) is 0 Å². The first-order valence-electron chi connectivity index (χ1n) is 9.28. The van der Waals surface area contributed by atoms with E-state index in [1.165, 1.54) is 22.2 Å². The normalized spacial score (nSPS) is 17.1. The van der Waals surface area contributed by atoms with E-state index in [0.29, 0.717) is 0 Å². The molecule has 134 valence electrons. The first-order chi connectivity index (χ1) is 13.3. The number of nitrogens with one attached hydrogen (secondary N) is 1. The minimum atomic E-state index is 0.112. The molecule has 2 aromatic heterocycles. The van der Waals surface area contributed by atoms with Crippen LogP contribution in [0.4, 0.5) is 0 Å². The second-order valence-electron chi connectivity index (χ2n) is 7.07. The summed E-state index contributed by atoms with van der Waals surface area (Å²) in [4.78, 5) is 10.9. The first-order valence-corrected chi connectivity index (χ1v) is 9.66. The summed E-state index contributed by atoms with van der Waals surface area (Å²) in [5.41, 5.74) is 6.15. The Balaban J connectivity index is 1.63. The lowest BCUT2D eigenvalue weighted by molar-refractivity contribution is 0.198. The molecule has 1 aliphatic heterocycles. The van der Waals surface area contributed by atoms with Crippen LogP contribution in [0.5, 0.6) is 0 Å². The summed E-state index contributed by atoms with van der Waals surface area (Å²) in [7, 11) is 0. The smallest absolute Gasteiger partial charge is 0.0933 e. The number of pyridine rings is 1. The van der Waals surface area contributed by atoms with Crippen LogP contribution in [0.2, 0.25) is 5.02 Å². The molecular formula is C23H20ClN3. The van der Waals surface area contributed by atoms with Gasteiger partial charge in [0.2, 0.25) is 0 Å². The third-order valence-corrected chi connectivity index (χ3v) is 5.62. The first kappa shape index (κ1) is 16.5. The number of aromatic amines is 1. The number of fused-ring (bicyclic) bond motifs is 3. The van der Waals surface area contributed by atoms with E-state index in [-0.39, 0.29) is 6.04 Å². The highest BCUT2D eigenvalue weighted by Gasteiger charge is 2.32. The largest absolute Gasteiger partial charge is 0.357 e. The molecule has 5 rings (SSSR count). The Bertz CT molecular complexity index is 1070. The van der Waals surface area contributed by atoms with Crippen molar-refractivity contribution in [1.29, 1.82) is 0 Å². The molecule has 27 heavy (non-hydrogen) atoms. The molecule has 0 aliphatic carbocycles. The summed E-state index contributed by atoms with van der Waals surface area (Å²) in [6, 6.07) is 23.0. The monoisotopic (exact) mass is 373 g/mol. The number of aromatic nitrogens is 2. The van der Waals surface area contributed by atoms with Crippen molar-refractivity contribution in [3.63, 3.8) is 0 Å². The predicted molar refractivity (Wildman–Crippen MR) is 110 cm³/mol. The van der Waals surface area contributed by atoms with Crippen LogP contribution in [-0.4, -0.2) is 21.4 Å². The number of rotatable bonds is 3. The highest BCUT2D eigenvalue weighted by atomic mass is 35.5. The Labute approximate surface area is 163 Å². The molecule has 0 saturated heterocycles. The molecule has 0 bridgehead atoms. The lowest BCUT2D eigenvalue weighted by Crippen LogP contribution is -2.36. The van der Waals surface area contributed by atoms with E-state index >= 15 is 0 Å². The van der Waals surface area contributed by atoms with Crippen molar-refractivity contribution in [3.8, 4) is 0 Å². The fourth-order valence-electron chi connectivity index (χ4n) is 4.17. The van der Waals surface area contributed by atoms with Crippen LogP contribution in [0.1, 0.15) is 28.6 Å². The number of H-pyrrole nitrogens is 1. The molecule has 1 atom stereocenters. The molecule has 0 saturated carbocycles. The second kappa shape index (κ2) is 6.84. The molecule has 0 fully saturated rings. The average Bonchev–Trinajstić information content (AvgIpc) is 3.07. The standard InChI is InChI=1S/C23H20ClN3/c24-17-9-10-20-19(14-17)18-11-13-27(15-16-6-2-1-3-7-16)23(22(18)26-20)21-8-4-5-12-25-21/h1-10,12,14,23,26H,11,13,15H2. The Morgan fingerprint density at radius 3 is 2.70 bits per heavy atom. The maximum Gasteiger partial charge on any atom is 0.0933 e. The van der Waals surface area contributed by atoms with Gasteiger partial charge in [0.1, 0.15) is 0 Å². The van der Waals surface area contributed by atoms with E-state index in [2.05, 4.69) is 64.5 Å². The van der Waals surface area contributed by atoms with Gasteiger partial charge in [0, 0.05) is 40.9 Å². The zero-order valence-corrected chi connectivity index (χ0v) is 15.7. The Hall–Kier alpha value is -2.62. The molecule has 1 N–H and O–H groups in total. The van der Waals surface area contributed by atoms with Crippen LogP contribution in [0, 0.1) is 0 Å². The molecule has 3 heterocycles. The van der Waals surface area contributed by atoms with Crippen molar-refractivity contribution in [2.75, 3.05) is 6.54 Å². The quantitative estimate of drug-likeness (QED) is 0.524.